The van der Waals surface area contributed by atoms with Gasteiger partial charge < -0.3 is 9.57 Å². The van der Waals surface area contributed by atoms with Crippen LogP contribution in [0.4, 0.5) is 0 Å². The fraction of sp³-hybridized carbons (Fsp3) is 0.588. The SMILES string of the molecule is C/C(=N\OCCN1CCOCC1)c1cccc(C(C)C)c1. The summed E-state index contributed by atoms with van der Waals surface area (Å²) >= 11 is 0. The molecule has 0 bridgehead atoms. The first-order chi connectivity index (χ1) is 10.2. The first kappa shape index (κ1) is 16.0. The van der Waals surface area contributed by atoms with Crippen LogP contribution in [0.5, 0.6) is 0 Å². The van der Waals surface area contributed by atoms with E-state index in [2.05, 4.69) is 48.2 Å². The fourth-order valence-corrected chi connectivity index (χ4v) is 2.31. The highest BCUT2D eigenvalue weighted by atomic mass is 16.6. The van der Waals surface area contributed by atoms with E-state index in [4.69, 9.17) is 9.57 Å². The van der Waals surface area contributed by atoms with Crippen LogP contribution in [0.2, 0.25) is 0 Å². The van der Waals surface area contributed by atoms with Crippen LogP contribution in [0.1, 0.15) is 37.8 Å². The molecule has 4 heteroatoms. The summed E-state index contributed by atoms with van der Waals surface area (Å²) in [5.74, 6) is 0.528. The zero-order chi connectivity index (χ0) is 15.1. The van der Waals surface area contributed by atoms with E-state index in [1.54, 1.807) is 0 Å². The van der Waals surface area contributed by atoms with Gasteiger partial charge in [-0.25, -0.2) is 0 Å². The number of benzene rings is 1. The number of ether oxygens (including phenoxy) is 1. The van der Waals surface area contributed by atoms with Gasteiger partial charge in [-0.3, -0.25) is 4.90 Å². The third-order valence-corrected chi connectivity index (χ3v) is 3.78. The standard InChI is InChI=1S/C17H26N2O2/c1-14(2)16-5-4-6-17(13-16)15(3)18-21-12-9-19-7-10-20-11-8-19/h4-6,13-14H,7-12H2,1-3H3/b18-15+. The second-order valence-corrected chi connectivity index (χ2v) is 5.74. The number of hydrogen-bond acceptors (Lipinski definition) is 4. The van der Waals surface area contributed by atoms with Crippen molar-refractivity contribution in [2.45, 2.75) is 26.7 Å². The summed E-state index contributed by atoms with van der Waals surface area (Å²) in [4.78, 5) is 7.80. The van der Waals surface area contributed by atoms with Crippen molar-refractivity contribution in [2.24, 2.45) is 5.16 Å². The number of rotatable bonds is 6. The van der Waals surface area contributed by atoms with Gasteiger partial charge in [0.15, 0.2) is 0 Å². The average Bonchev–Trinajstić information content (AvgIpc) is 2.52. The van der Waals surface area contributed by atoms with Gasteiger partial charge in [-0.15, -0.1) is 0 Å². The molecule has 21 heavy (non-hydrogen) atoms. The van der Waals surface area contributed by atoms with Crippen molar-refractivity contribution in [1.82, 2.24) is 4.90 Å². The Morgan fingerprint density at radius 2 is 2.10 bits per heavy atom. The summed E-state index contributed by atoms with van der Waals surface area (Å²) in [6.45, 7) is 11.6. The predicted molar refractivity (Wildman–Crippen MR) is 86.0 cm³/mol. The molecule has 0 radical (unpaired) electrons. The highest BCUT2D eigenvalue weighted by Gasteiger charge is 2.09. The second-order valence-electron chi connectivity index (χ2n) is 5.74. The zero-order valence-corrected chi connectivity index (χ0v) is 13.3. The molecule has 116 valence electrons. The maximum absolute atomic E-state index is 5.46. The van der Waals surface area contributed by atoms with Crippen LogP contribution in [-0.4, -0.2) is 50.1 Å². The molecule has 0 aromatic heterocycles. The second kappa shape index (κ2) is 8.15. The lowest BCUT2D eigenvalue weighted by atomic mass is 9.99. The largest absolute Gasteiger partial charge is 0.394 e. The maximum atomic E-state index is 5.46. The molecule has 0 spiro atoms. The van der Waals surface area contributed by atoms with Crippen LogP contribution >= 0.6 is 0 Å². The van der Waals surface area contributed by atoms with E-state index >= 15 is 0 Å². The Balaban J connectivity index is 1.81. The van der Waals surface area contributed by atoms with Gasteiger partial charge in [-0.1, -0.05) is 37.2 Å². The van der Waals surface area contributed by atoms with E-state index in [0.717, 1.165) is 44.1 Å². The van der Waals surface area contributed by atoms with E-state index in [1.807, 2.05) is 6.92 Å². The highest BCUT2D eigenvalue weighted by molar-refractivity contribution is 5.98. The molecule has 2 rings (SSSR count). The Morgan fingerprint density at radius 1 is 1.33 bits per heavy atom. The van der Waals surface area contributed by atoms with Gasteiger partial charge in [0, 0.05) is 19.6 Å². The van der Waals surface area contributed by atoms with Gasteiger partial charge in [0.2, 0.25) is 0 Å². The molecule has 1 heterocycles. The molecule has 0 aliphatic carbocycles. The van der Waals surface area contributed by atoms with Gasteiger partial charge in [0.25, 0.3) is 0 Å². The Bertz CT molecular complexity index is 466. The normalized spacial score (nSPS) is 17.2. The Hall–Kier alpha value is -1.39. The van der Waals surface area contributed by atoms with E-state index < -0.39 is 0 Å². The van der Waals surface area contributed by atoms with Crippen molar-refractivity contribution < 1.29 is 9.57 Å². The van der Waals surface area contributed by atoms with Crippen LogP contribution < -0.4 is 0 Å². The van der Waals surface area contributed by atoms with Crippen molar-refractivity contribution in [2.75, 3.05) is 39.5 Å². The topological polar surface area (TPSA) is 34.1 Å². The Morgan fingerprint density at radius 3 is 2.81 bits per heavy atom. The van der Waals surface area contributed by atoms with E-state index in [1.165, 1.54) is 5.56 Å². The molecular formula is C17H26N2O2. The van der Waals surface area contributed by atoms with Crippen molar-refractivity contribution in [3.63, 3.8) is 0 Å². The molecule has 4 nitrogen and oxygen atoms in total. The fourth-order valence-electron chi connectivity index (χ4n) is 2.31. The molecule has 1 aromatic carbocycles. The molecule has 0 atom stereocenters. The average molecular weight is 290 g/mol. The van der Waals surface area contributed by atoms with Crippen molar-refractivity contribution >= 4 is 5.71 Å². The molecule has 1 saturated heterocycles. The third-order valence-electron chi connectivity index (χ3n) is 3.78. The minimum Gasteiger partial charge on any atom is -0.394 e. The van der Waals surface area contributed by atoms with Gasteiger partial charge in [-0.2, -0.15) is 0 Å². The number of hydrogen-bond donors (Lipinski definition) is 0. The molecular weight excluding hydrogens is 264 g/mol. The Kier molecular flexibility index (Phi) is 6.21. The lowest BCUT2D eigenvalue weighted by molar-refractivity contribution is 0.0212. The quantitative estimate of drug-likeness (QED) is 0.459. The van der Waals surface area contributed by atoms with Gasteiger partial charge in [0.05, 0.1) is 18.9 Å². The van der Waals surface area contributed by atoms with Crippen molar-refractivity contribution in [1.29, 1.82) is 0 Å². The van der Waals surface area contributed by atoms with E-state index in [-0.39, 0.29) is 0 Å². The minimum absolute atomic E-state index is 0.528. The molecule has 1 fully saturated rings. The smallest absolute Gasteiger partial charge is 0.129 e. The summed E-state index contributed by atoms with van der Waals surface area (Å²) in [7, 11) is 0. The molecule has 0 saturated carbocycles. The van der Waals surface area contributed by atoms with Gasteiger partial charge in [-0.05, 0) is 30.0 Å². The molecule has 0 N–H and O–H groups in total. The van der Waals surface area contributed by atoms with Crippen molar-refractivity contribution in [3.8, 4) is 0 Å². The first-order valence-corrected chi connectivity index (χ1v) is 7.74. The summed E-state index contributed by atoms with van der Waals surface area (Å²) in [6.07, 6.45) is 0. The lowest BCUT2D eigenvalue weighted by Gasteiger charge is -2.25. The molecule has 1 aromatic rings. The van der Waals surface area contributed by atoms with Crippen LogP contribution in [-0.2, 0) is 9.57 Å². The van der Waals surface area contributed by atoms with Crippen molar-refractivity contribution in [3.05, 3.63) is 35.4 Å². The van der Waals surface area contributed by atoms with E-state index in [0.29, 0.717) is 12.5 Å². The van der Waals surface area contributed by atoms with Gasteiger partial charge in [0.1, 0.15) is 6.61 Å². The summed E-state index contributed by atoms with van der Waals surface area (Å²) in [5, 5.41) is 4.24. The molecule has 0 amide bonds. The monoisotopic (exact) mass is 290 g/mol. The summed E-state index contributed by atoms with van der Waals surface area (Å²) < 4.78 is 5.32. The van der Waals surface area contributed by atoms with E-state index in [9.17, 15) is 0 Å². The highest BCUT2D eigenvalue weighted by Crippen LogP contribution is 2.16. The van der Waals surface area contributed by atoms with Crippen LogP contribution in [0.25, 0.3) is 0 Å². The first-order valence-electron chi connectivity index (χ1n) is 7.74. The summed E-state index contributed by atoms with van der Waals surface area (Å²) in [6, 6.07) is 8.50. The van der Waals surface area contributed by atoms with Gasteiger partial charge >= 0.3 is 0 Å². The maximum Gasteiger partial charge on any atom is 0.129 e. The lowest BCUT2D eigenvalue weighted by Crippen LogP contribution is -2.38. The predicted octanol–water partition coefficient (Wildman–Crippen LogP) is 2.88. The summed E-state index contributed by atoms with van der Waals surface area (Å²) in [5.41, 5.74) is 3.39. The molecule has 1 aliphatic heterocycles. The Labute approximate surface area is 127 Å². The third kappa shape index (κ3) is 5.14. The number of nitrogens with zero attached hydrogens (tertiary/aromatic N) is 2. The molecule has 0 unspecified atom stereocenters. The zero-order valence-electron chi connectivity index (χ0n) is 13.3. The van der Waals surface area contributed by atoms with Crippen LogP contribution in [0.15, 0.2) is 29.4 Å². The van der Waals surface area contributed by atoms with Crippen LogP contribution in [0.3, 0.4) is 0 Å². The number of morpholine rings is 1. The number of oxime groups is 1. The minimum atomic E-state index is 0.528. The van der Waals surface area contributed by atoms with Crippen LogP contribution in [0, 0.1) is 0 Å². The molecule has 1 aliphatic rings.